The second-order valence-electron chi connectivity index (χ2n) is 5.91. The zero-order chi connectivity index (χ0) is 13.4. The van der Waals surface area contributed by atoms with Crippen LogP contribution in [-0.2, 0) is 4.79 Å². The van der Waals surface area contributed by atoms with Crippen LogP contribution in [0, 0.1) is 39.4 Å². The number of Topliss-reactive ketones (excluding diaryl/α,β-unsaturated/α-hetero) is 1. The second-order valence-corrected chi connectivity index (χ2v) is 5.91. The zero-order valence-electron chi connectivity index (χ0n) is 11.0. The number of carbonyl (C=O) groups excluding carboxylic acids is 1. The minimum absolute atomic E-state index is 0.130. The first-order chi connectivity index (χ1) is 8.48. The van der Waals surface area contributed by atoms with Crippen molar-refractivity contribution >= 4 is 5.78 Å². The standard InChI is InChI=1S/C15H18N2O/c1-11-6-7-15(9-16,10-17)12-4-3-5-13(18)14(12,2)8-11/h6,12H,3-5,7-8H2,1-2H3. The lowest BCUT2D eigenvalue weighted by atomic mass is 9.56. The molecule has 0 aromatic carbocycles. The van der Waals surface area contributed by atoms with Crippen molar-refractivity contribution in [1.82, 2.24) is 0 Å². The molecule has 2 unspecified atom stereocenters. The maximum Gasteiger partial charge on any atom is 0.151 e. The van der Waals surface area contributed by atoms with Gasteiger partial charge in [0.1, 0.15) is 5.78 Å². The maximum absolute atomic E-state index is 12.3. The summed E-state index contributed by atoms with van der Waals surface area (Å²) in [5.41, 5.74) is -0.422. The van der Waals surface area contributed by atoms with Gasteiger partial charge in [0.15, 0.2) is 5.41 Å². The summed E-state index contributed by atoms with van der Waals surface area (Å²) in [4.78, 5) is 12.3. The molecular weight excluding hydrogens is 224 g/mol. The SMILES string of the molecule is CC1=CCC(C#N)(C#N)C2CCCC(=O)C2(C)C1. The van der Waals surface area contributed by atoms with Gasteiger partial charge in [-0.2, -0.15) is 10.5 Å². The number of carbonyl (C=O) groups is 1. The van der Waals surface area contributed by atoms with E-state index in [9.17, 15) is 15.3 Å². The average molecular weight is 242 g/mol. The first-order valence-corrected chi connectivity index (χ1v) is 6.50. The van der Waals surface area contributed by atoms with Crippen molar-refractivity contribution in [3.05, 3.63) is 11.6 Å². The van der Waals surface area contributed by atoms with E-state index in [0.29, 0.717) is 19.3 Å². The highest BCUT2D eigenvalue weighted by Gasteiger charge is 2.54. The van der Waals surface area contributed by atoms with Crippen molar-refractivity contribution in [2.24, 2.45) is 16.7 Å². The van der Waals surface area contributed by atoms with E-state index in [0.717, 1.165) is 18.4 Å². The van der Waals surface area contributed by atoms with E-state index in [1.54, 1.807) is 0 Å². The van der Waals surface area contributed by atoms with Gasteiger partial charge in [-0.3, -0.25) is 4.79 Å². The molecule has 0 aromatic rings. The third-order valence-electron chi connectivity index (χ3n) is 4.72. The van der Waals surface area contributed by atoms with Crippen molar-refractivity contribution < 1.29 is 4.79 Å². The summed E-state index contributed by atoms with van der Waals surface area (Å²) in [6.45, 7) is 3.94. The van der Waals surface area contributed by atoms with Gasteiger partial charge < -0.3 is 0 Å². The first-order valence-electron chi connectivity index (χ1n) is 6.50. The van der Waals surface area contributed by atoms with E-state index < -0.39 is 10.8 Å². The van der Waals surface area contributed by atoms with E-state index in [2.05, 4.69) is 12.1 Å². The molecule has 94 valence electrons. The van der Waals surface area contributed by atoms with Crippen molar-refractivity contribution in [2.75, 3.05) is 0 Å². The number of hydrogen-bond acceptors (Lipinski definition) is 3. The van der Waals surface area contributed by atoms with Gasteiger partial charge in [-0.05, 0) is 32.6 Å². The molecule has 0 aliphatic heterocycles. The molecule has 2 rings (SSSR count). The summed E-state index contributed by atoms with van der Waals surface area (Å²) in [6, 6.07) is 4.43. The molecule has 2 aliphatic carbocycles. The summed E-state index contributed by atoms with van der Waals surface area (Å²) in [6.07, 6.45) is 5.34. The van der Waals surface area contributed by atoms with Crippen LogP contribution >= 0.6 is 0 Å². The lowest BCUT2D eigenvalue weighted by molar-refractivity contribution is -0.136. The van der Waals surface area contributed by atoms with Crippen LogP contribution in [0.1, 0.15) is 46.0 Å². The third kappa shape index (κ3) is 1.66. The number of ketones is 1. The molecule has 2 aliphatic rings. The molecule has 0 saturated heterocycles. The minimum Gasteiger partial charge on any atom is -0.299 e. The Balaban J connectivity index is 2.57. The summed E-state index contributed by atoms with van der Waals surface area (Å²) >= 11 is 0. The van der Waals surface area contributed by atoms with Crippen LogP contribution in [0.25, 0.3) is 0 Å². The fourth-order valence-corrected chi connectivity index (χ4v) is 3.68. The molecule has 2 atom stereocenters. The summed E-state index contributed by atoms with van der Waals surface area (Å²) in [5, 5.41) is 19.0. The molecule has 0 spiro atoms. The third-order valence-corrected chi connectivity index (χ3v) is 4.72. The van der Waals surface area contributed by atoms with E-state index in [4.69, 9.17) is 0 Å². The predicted molar refractivity (Wildman–Crippen MR) is 67.1 cm³/mol. The molecule has 0 radical (unpaired) electrons. The Hall–Kier alpha value is -1.61. The van der Waals surface area contributed by atoms with Gasteiger partial charge in [0.25, 0.3) is 0 Å². The zero-order valence-corrected chi connectivity index (χ0v) is 11.0. The van der Waals surface area contributed by atoms with E-state index >= 15 is 0 Å². The van der Waals surface area contributed by atoms with Crippen LogP contribution in [-0.4, -0.2) is 5.78 Å². The smallest absolute Gasteiger partial charge is 0.151 e. The molecule has 1 fully saturated rings. The largest absolute Gasteiger partial charge is 0.299 e. The fraction of sp³-hybridized carbons (Fsp3) is 0.667. The van der Waals surface area contributed by atoms with Gasteiger partial charge in [0, 0.05) is 17.8 Å². The molecular formula is C15H18N2O. The van der Waals surface area contributed by atoms with E-state index in [1.807, 2.05) is 19.9 Å². The van der Waals surface area contributed by atoms with Crippen LogP contribution in [0.15, 0.2) is 11.6 Å². The highest BCUT2D eigenvalue weighted by molar-refractivity contribution is 5.86. The Kier molecular flexibility index (Phi) is 3.03. The Morgan fingerprint density at radius 3 is 2.67 bits per heavy atom. The number of hydrogen-bond donors (Lipinski definition) is 0. The van der Waals surface area contributed by atoms with E-state index in [1.165, 1.54) is 0 Å². The van der Waals surface area contributed by atoms with Gasteiger partial charge in [-0.25, -0.2) is 0 Å². The predicted octanol–water partition coefficient (Wildman–Crippen LogP) is 3.14. The molecule has 0 N–H and O–H groups in total. The van der Waals surface area contributed by atoms with Gasteiger partial charge >= 0.3 is 0 Å². The number of nitriles is 2. The summed E-state index contributed by atoms with van der Waals surface area (Å²) < 4.78 is 0. The average Bonchev–Trinajstić information content (AvgIpc) is 2.46. The van der Waals surface area contributed by atoms with Crippen LogP contribution in [0.4, 0.5) is 0 Å². The van der Waals surface area contributed by atoms with Gasteiger partial charge in [0.05, 0.1) is 12.1 Å². The second kappa shape index (κ2) is 4.25. The van der Waals surface area contributed by atoms with Crippen LogP contribution in [0.3, 0.4) is 0 Å². The molecule has 0 heterocycles. The lowest BCUT2D eigenvalue weighted by Crippen LogP contribution is -2.46. The quantitative estimate of drug-likeness (QED) is 0.613. The normalized spacial score (nSPS) is 34.6. The fourth-order valence-electron chi connectivity index (χ4n) is 3.68. The highest BCUT2D eigenvalue weighted by Crippen LogP contribution is 2.54. The molecule has 1 saturated carbocycles. The summed E-state index contributed by atoms with van der Waals surface area (Å²) in [7, 11) is 0. The Bertz CT molecular complexity index is 478. The first kappa shape index (κ1) is 12.8. The Morgan fingerprint density at radius 1 is 1.39 bits per heavy atom. The topological polar surface area (TPSA) is 64.7 Å². The number of allylic oxidation sites excluding steroid dienone is 2. The summed E-state index contributed by atoms with van der Waals surface area (Å²) in [5.74, 6) is 0.0956. The van der Waals surface area contributed by atoms with Crippen LogP contribution < -0.4 is 0 Å². The van der Waals surface area contributed by atoms with Crippen LogP contribution in [0.5, 0.6) is 0 Å². The van der Waals surface area contributed by atoms with Crippen molar-refractivity contribution in [2.45, 2.75) is 46.0 Å². The van der Waals surface area contributed by atoms with Crippen LogP contribution in [0.2, 0.25) is 0 Å². The van der Waals surface area contributed by atoms with Crippen molar-refractivity contribution in [1.29, 1.82) is 10.5 Å². The van der Waals surface area contributed by atoms with Gasteiger partial charge in [-0.1, -0.05) is 18.6 Å². The molecule has 3 heteroatoms. The molecule has 18 heavy (non-hydrogen) atoms. The molecule has 0 bridgehead atoms. The van der Waals surface area contributed by atoms with Crippen molar-refractivity contribution in [3.63, 3.8) is 0 Å². The van der Waals surface area contributed by atoms with E-state index in [-0.39, 0.29) is 11.7 Å². The van der Waals surface area contributed by atoms with Crippen molar-refractivity contribution in [3.8, 4) is 12.1 Å². The Morgan fingerprint density at radius 2 is 2.06 bits per heavy atom. The lowest BCUT2D eigenvalue weighted by Gasteiger charge is -2.44. The molecule has 0 aromatic heterocycles. The number of fused-ring (bicyclic) bond motifs is 1. The van der Waals surface area contributed by atoms with Gasteiger partial charge in [0.2, 0.25) is 0 Å². The minimum atomic E-state index is -1.03. The maximum atomic E-state index is 12.3. The van der Waals surface area contributed by atoms with Gasteiger partial charge in [-0.15, -0.1) is 0 Å². The number of nitrogens with zero attached hydrogens (tertiary/aromatic N) is 2. The Labute approximate surface area is 108 Å². The number of rotatable bonds is 0. The highest BCUT2D eigenvalue weighted by atomic mass is 16.1. The molecule has 3 nitrogen and oxygen atoms in total. The monoisotopic (exact) mass is 242 g/mol. The molecule has 0 amide bonds.